The van der Waals surface area contributed by atoms with E-state index >= 15 is 0 Å². The fraction of sp³-hybridized carbons (Fsp3) is 0.222. The number of hydrogen-bond acceptors (Lipinski definition) is 4. The van der Waals surface area contributed by atoms with Gasteiger partial charge >= 0.3 is 0 Å². The Morgan fingerprint density at radius 3 is 2.71 bits per heavy atom. The minimum atomic E-state index is 0.651. The van der Waals surface area contributed by atoms with Crippen molar-refractivity contribution >= 4 is 15.9 Å². The summed E-state index contributed by atoms with van der Waals surface area (Å²) in [5, 5.41) is 6.78. The highest BCUT2D eigenvalue weighted by Crippen LogP contribution is 2.13. The molecule has 0 saturated carbocycles. The van der Waals surface area contributed by atoms with Crippen LogP contribution in [0.5, 0.6) is 0 Å². The molecule has 0 unspecified atom stereocenters. The highest BCUT2D eigenvalue weighted by atomic mass is 79.9. The average Bonchev–Trinajstić information content (AvgIpc) is 2.77. The van der Waals surface area contributed by atoms with E-state index in [4.69, 9.17) is 8.94 Å². The Kier molecular flexibility index (Phi) is 3.00. The molecule has 0 aromatic carbocycles. The molecule has 5 heteroatoms. The van der Waals surface area contributed by atoms with Gasteiger partial charge in [0.2, 0.25) is 0 Å². The first-order valence-electron chi connectivity index (χ1n) is 4.19. The molecule has 0 aliphatic carbocycles. The van der Waals surface area contributed by atoms with E-state index in [1.54, 1.807) is 6.20 Å². The van der Waals surface area contributed by atoms with E-state index in [-0.39, 0.29) is 0 Å². The van der Waals surface area contributed by atoms with Gasteiger partial charge in [-0.1, -0.05) is 5.16 Å². The Hall–Kier alpha value is -1.07. The number of nitrogens with one attached hydrogen (secondary N) is 1. The summed E-state index contributed by atoms with van der Waals surface area (Å²) in [5.74, 6) is 1.70. The van der Waals surface area contributed by atoms with Crippen molar-refractivity contribution in [2.45, 2.75) is 13.1 Å². The van der Waals surface area contributed by atoms with E-state index in [2.05, 4.69) is 26.4 Å². The van der Waals surface area contributed by atoms with Gasteiger partial charge in [0.15, 0.2) is 4.67 Å². The van der Waals surface area contributed by atoms with Gasteiger partial charge in [-0.05, 0) is 28.1 Å². The zero-order valence-electron chi connectivity index (χ0n) is 7.37. The van der Waals surface area contributed by atoms with Crippen molar-refractivity contribution < 1.29 is 8.94 Å². The highest BCUT2D eigenvalue weighted by molar-refractivity contribution is 9.10. The molecular weight excluding hydrogens is 248 g/mol. The summed E-state index contributed by atoms with van der Waals surface area (Å²) in [6, 6.07) is 5.61. The van der Waals surface area contributed by atoms with Gasteiger partial charge in [0.25, 0.3) is 0 Å². The minimum absolute atomic E-state index is 0.651. The molecule has 4 nitrogen and oxygen atoms in total. The maximum Gasteiger partial charge on any atom is 0.169 e. The van der Waals surface area contributed by atoms with Crippen LogP contribution < -0.4 is 5.32 Å². The number of halogens is 1. The first kappa shape index (κ1) is 9.48. The van der Waals surface area contributed by atoms with Gasteiger partial charge in [0.1, 0.15) is 11.5 Å². The zero-order valence-corrected chi connectivity index (χ0v) is 8.95. The first-order valence-corrected chi connectivity index (χ1v) is 4.98. The van der Waals surface area contributed by atoms with Gasteiger partial charge < -0.3 is 14.3 Å². The van der Waals surface area contributed by atoms with E-state index in [0.29, 0.717) is 13.1 Å². The lowest BCUT2D eigenvalue weighted by atomic mass is 10.4. The van der Waals surface area contributed by atoms with Crippen LogP contribution in [0, 0.1) is 0 Å². The molecule has 2 rings (SSSR count). The van der Waals surface area contributed by atoms with Crippen molar-refractivity contribution in [3.05, 3.63) is 40.6 Å². The molecule has 0 fully saturated rings. The topological polar surface area (TPSA) is 51.2 Å². The lowest BCUT2D eigenvalue weighted by Crippen LogP contribution is -2.11. The Bertz CT molecular complexity index is 383. The Labute approximate surface area is 89.4 Å². The van der Waals surface area contributed by atoms with Crippen LogP contribution >= 0.6 is 15.9 Å². The van der Waals surface area contributed by atoms with E-state index in [9.17, 15) is 0 Å². The number of hydrogen-bond donors (Lipinski definition) is 1. The van der Waals surface area contributed by atoms with Crippen LogP contribution in [0.15, 0.2) is 38.0 Å². The predicted octanol–water partition coefficient (Wildman–Crippen LogP) is 2.32. The maximum absolute atomic E-state index is 5.31. The molecule has 0 radical (unpaired) electrons. The van der Waals surface area contributed by atoms with E-state index in [1.807, 2.05) is 18.2 Å². The van der Waals surface area contributed by atoms with E-state index in [1.165, 1.54) is 0 Å². The summed E-state index contributed by atoms with van der Waals surface area (Å²) >= 11 is 3.24. The standard InChI is InChI=1S/C9H9BrN2O2/c10-9-2-1-7(13-9)5-11-6-8-3-4-12-14-8/h1-4,11H,5-6H2. The van der Waals surface area contributed by atoms with Crippen LogP contribution in [-0.4, -0.2) is 5.16 Å². The third kappa shape index (κ3) is 2.46. The first-order chi connectivity index (χ1) is 6.84. The number of aromatic nitrogens is 1. The molecule has 0 amide bonds. The van der Waals surface area contributed by atoms with Crippen molar-refractivity contribution in [2.24, 2.45) is 0 Å². The molecule has 0 atom stereocenters. The normalized spacial score (nSPS) is 10.6. The van der Waals surface area contributed by atoms with Crippen molar-refractivity contribution in [1.82, 2.24) is 10.5 Å². The van der Waals surface area contributed by atoms with Crippen LogP contribution in [0.1, 0.15) is 11.5 Å². The highest BCUT2D eigenvalue weighted by Gasteiger charge is 2.00. The summed E-state index contributed by atoms with van der Waals surface area (Å²) in [6.45, 7) is 1.32. The fourth-order valence-electron chi connectivity index (χ4n) is 1.09. The van der Waals surface area contributed by atoms with Crippen molar-refractivity contribution in [2.75, 3.05) is 0 Å². The zero-order chi connectivity index (χ0) is 9.80. The molecule has 2 aromatic heterocycles. The van der Waals surface area contributed by atoms with E-state index < -0.39 is 0 Å². The molecule has 2 heterocycles. The van der Waals surface area contributed by atoms with Crippen LogP contribution in [0.4, 0.5) is 0 Å². The maximum atomic E-state index is 5.31. The molecule has 0 bridgehead atoms. The molecule has 0 aliphatic rings. The fourth-order valence-corrected chi connectivity index (χ4v) is 1.43. The molecule has 14 heavy (non-hydrogen) atoms. The molecule has 1 N–H and O–H groups in total. The minimum Gasteiger partial charge on any atom is -0.453 e. The molecule has 0 aliphatic heterocycles. The second-order valence-corrected chi connectivity index (χ2v) is 3.57. The lowest BCUT2D eigenvalue weighted by Gasteiger charge is -1.97. The Balaban J connectivity index is 1.78. The largest absolute Gasteiger partial charge is 0.453 e. The SMILES string of the molecule is Brc1ccc(CNCc2ccno2)o1. The predicted molar refractivity (Wildman–Crippen MR) is 53.5 cm³/mol. The quantitative estimate of drug-likeness (QED) is 0.913. The van der Waals surface area contributed by atoms with Crippen molar-refractivity contribution in [3.8, 4) is 0 Å². The van der Waals surface area contributed by atoms with Crippen molar-refractivity contribution in [3.63, 3.8) is 0 Å². The summed E-state index contributed by atoms with van der Waals surface area (Å²) in [4.78, 5) is 0. The van der Waals surface area contributed by atoms with E-state index in [0.717, 1.165) is 16.2 Å². The van der Waals surface area contributed by atoms with Crippen molar-refractivity contribution in [1.29, 1.82) is 0 Å². The molecular formula is C9H9BrN2O2. The Morgan fingerprint density at radius 1 is 1.21 bits per heavy atom. The molecule has 74 valence electrons. The monoisotopic (exact) mass is 256 g/mol. The van der Waals surface area contributed by atoms with Crippen LogP contribution in [0.3, 0.4) is 0 Å². The van der Waals surface area contributed by atoms with Crippen LogP contribution in [-0.2, 0) is 13.1 Å². The second-order valence-electron chi connectivity index (χ2n) is 2.79. The second kappa shape index (κ2) is 4.43. The smallest absolute Gasteiger partial charge is 0.169 e. The van der Waals surface area contributed by atoms with Crippen LogP contribution in [0.2, 0.25) is 0 Å². The molecule has 0 spiro atoms. The third-order valence-electron chi connectivity index (χ3n) is 1.72. The van der Waals surface area contributed by atoms with Gasteiger partial charge in [0, 0.05) is 6.07 Å². The average molecular weight is 257 g/mol. The molecule has 0 saturated heterocycles. The third-order valence-corrected chi connectivity index (χ3v) is 2.14. The number of furan rings is 1. The number of rotatable bonds is 4. The summed E-state index contributed by atoms with van der Waals surface area (Å²) in [7, 11) is 0. The van der Waals surface area contributed by atoms with Gasteiger partial charge in [-0.3, -0.25) is 0 Å². The lowest BCUT2D eigenvalue weighted by molar-refractivity contribution is 0.368. The number of nitrogens with zero attached hydrogens (tertiary/aromatic N) is 1. The van der Waals surface area contributed by atoms with Gasteiger partial charge in [-0.25, -0.2) is 0 Å². The van der Waals surface area contributed by atoms with Gasteiger partial charge in [-0.15, -0.1) is 0 Å². The van der Waals surface area contributed by atoms with Gasteiger partial charge in [0.05, 0.1) is 19.3 Å². The van der Waals surface area contributed by atoms with Crippen LogP contribution in [0.25, 0.3) is 0 Å². The summed E-state index contributed by atoms with van der Waals surface area (Å²) < 4.78 is 11.0. The Morgan fingerprint density at radius 2 is 2.07 bits per heavy atom. The van der Waals surface area contributed by atoms with Gasteiger partial charge in [-0.2, -0.15) is 0 Å². The summed E-state index contributed by atoms with van der Waals surface area (Å²) in [5.41, 5.74) is 0. The summed E-state index contributed by atoms with van der Waals surface area (Å²) in [6.07, 6.45) is 1.63. The molecule has 2 aromatic rings.